The Morgan fingerprint density at radius 2 is 1.88 bits per heavy atom. The summed E-state index contributed by atoms with van der Waals surface area (Å²) in [6.07, 6.45) is 0. The number of nitrogens with one attached hydrogen (secondary N) is 1. The van der Waals surface area contributed by atoms with Crippen LogP contribution in [0.5, 0.6) is 0 Å². The topological polar surface area (TPSA) is 29.1 Å². The summed E-state index contributed by atoms with van der Waals surface area (Å²) in [6, 6.07) is 13.1. The summed E-state index contributed by atoms with van der Waals surface area (Å²) in [5.74, 6) is 2.25. The Balaban J connectivity index is 1.55. The molecule has 134 valence electrons. The molecule has 0 aliphatic rings. The van der Waals surface area contributed by atoms with E-state index in [0.29, 0.717) is 28.6 Å². The van der Waals surface area contributed by atoms with Gasteiger partial charge in [-0.25, -0.2) is 4.39 Å². The maximum Gasteiger partial charge on any atom is 0.230 e. The zero-order valence-corrected chi connectivity index (χ0v) is 16.4. The molecule has 1 amide bonds. The fourth-order valence-electron chi connectivity index (χ4n) is 2.08. The van der Waals surface area contributed by atoms with Gasteiger partial charge in [-0.15, -0.1) is 11.8 Å². The molecule has 0 spiro atoms. The number of benzene rings is 2. The number of carbonyl (C=O) groups excluding carboxylic acids is 1. The van der Waals surface area contributed by atoms with E-state index < -0.39 is 0 Å². The highest BCUT2D eigenvalue weighted by Crippen LogP contribution is 2.19. The van der Waals surface area contributed by atoms with Gasteiger partial charge in [0.1, 0.15) is 5.82 Å². The minimum absolute atomic E-state index is 0.0182. The molecule has 6 heteroatoms. The molecule has 2 nitrogen and oxygen atoms in total. The van der Waals surface area contributed by atoms with Crippen molar-refractivity contribution in [3.63, 3.8) is 0 Å². The molecule has 0 aromatic heterocycles. The van der Waals surface area contributed by atoms with Crippen molar-refractivity contribution < 1.29 is 9.18 Å². The third kappa shape index (κ3) is 7.72. The fraction of sp³-hybridized carbons (Fsp3) is 0.316. The summed E-state index contributed by atoms with van der Waals surface area (Å²) in [7, 11) is 0. The van der Waals surface area contributed by atoms with Crippen LogP contribution in [0, 0.1) is 12.7 Å². The van der Waals surface area contributed by atoms with Crippen molar-refractivity contribution in [3.8, 4) is 0 Å². The fourth-order valence-corrected chi connectivity index (χ4v) is 3.90. The molecule has 2 aromatic rings. The van der Waals surface area contributed by atoms with Crippen LogP contribution in [0.2, 0.25) is 5.02 Å². The van der Waals surface area contributed by atoms with Gasteiger partial charge in [-0.1, -0.05) is 47.5 Å². The van der Waals surface area contributed by atoms with Gasteiger partial charge in [-0.05, 0) is 30.2 Å². The maximum absolute atomic E-state index is 13.6. The molecule has 0 atom stereocenters. The summed E-state index contributed by atoms with van der Waals surface area (Å²) >= 11 is 8.91. The predicted molar refractivity (Wildman–Crippen MR) is 108 cm³/mol. The van der Waals surface area contributed by atoms with Crippen molar-refractivity contribution in [2.75, 3.05) is 18.1 Å². The average Bonchev–Trinajstić information content (AvgIpc) is 2.58. The highest BCUT2D eigenvalue weighted by atomic mass is 35.5. The van der Waals surface area contributed by atoms with E-state index in [2.05, 4.69) is 36.5 Å². The molecule has 0 radical (unpaired) electrons. The van der Waals surface area contributed by atoms with E-state index in [-0.39, 0.29) is 11.7 Å². The third-order valence-corrected chi connectivity index (χ3v) is 5.71. The maximum atomic E-state index is 13.6. The Kier molecular flexibility index (Phi) is 8.65. The lowest BCUT2D eigenvalue weighted by atomic mass is 10.2. The molecule has 0 saturated heterocycles. The molecule has 2 aromatic carbocycles. The van der Waals surface area contributed by atoms with Gasteiger partial charge in [0.05, 0.1) is 5.75 Å². The Morgan fingerprint density at radius 3 is 2.60 bits per heavy atom. The van der Waals surface area contributed by atoms with Crippen molar-refractivity contribution >= 4 is 41.0 Å². The van der Waals surface area contributed by atoms with E-state index in [1.165, 1.54) is 29.0 Å². The van der Waals surface area contributed by atoms with Gasteiger partial charge in [0.25, 0.3) is 0 Å². The lowest BCUT2D eigenvalue weighted by molar-refractivity contribution is -0.118. The standard InChI is InChI=1S/C19H21ClFNOS2/c1-14-2-4-15(5-3-14)11-24-9-8-22-19(23)13-25-12-16-6-7-17(20)10-18(16)21/h2-7,10H,8-9,11-13H2,1H3,(H,22,23). The number of carbonyl (C=O) groups is 1. The quantitative estimate of drug-likeness (QED) is 0.599. The molecule has 0 unspecified atom stereocenters. The molecule has 0 heterocycles. The molecule has 0 saturated carbocycles. The highest BCUT2D eigenvalue weighted by molar-refractivity contribution is 7.99. The number of halogens is 2. The molecule has 1 N–H and O–H groups in total. The summed E-state index contributed by atoms with van der Waals surface area (Å²) in [5, 5.41) is 3.27. The van der Waals surface area contributed by atoms with E-state index in [1.807, 2.05) is 0 Å². The summed E-state index contributed by atoms with van der Waals surface area (Å²) in [4.78, 5) is 11.8. The van der Waals surface area contributed by atoms with Gasteiger partial charge >= 0.3 is 0 Å². The Bertz CT molecular complexity index is 694. The summed E-state index contributed by atoms with van der Waals surface area (Å²) < 4.78 is 13.6. The number of hydrogen-bond acceptors (Lipinski definition) is 3. The van der Waals surface area contributed by atoms with Crippen LogP contribution in [0.25, 0.3) is 0 Å². The van der Waals surface area contributed by atoms with Crippen LogP contribution >= 0.6 is 35.1 Å². The van der Waals surface area contributed by atoms with Gasteiger partial charge < -0.3 is 5.32 Å². The van der Waals surface area contributed by atoms with Gasteiger partial charge in [0.15, 0.2) is 0 Å². The van der Waals surface area contributed by atoms with Crippen LogP contribution < -0.4 is 5.32 Å². The average molecular weight is 398 g/mol. The normalized spacial score (nSPS) is 10.7. The monoisotopic (exact) mass is 397 g/mol. The Labute approximate surface area is 161 Å². The molecule has 0 aliphatic carbocycles. The molecule has 0 bridgehead atoms. The largest absolute Gasteiger partial charge is 0.355 e. The molecule has 2 rings (SSSR count). The number of amides is 1. The lowest BCUT2D eigenvalue weighted by Crippen LogP contribution is -2.27. The first-order valence-electron chi connectivity index (χ1n) is 7.96. The number of hydrogen-bond donors (Lipinski definition) is 1. The summed E-state index contributed by atoms with van der Waals surface area (Å²) in [5.41, 5.74) is 3.12. The van der Waals surface area contributed by atoms with Gasteiger partial charge in [-0.3, -0.25) is 4.79 Å². The van der Waals surface area contributed by atoms with Crippen LogP contribution in [0.3, 0.4) is 0 Å². The second-order valence-electron chi connectivity index (χ2n) is 5.62. The van der Waals surface area contributed by atoms with Crippen LogP contribution in [-0.2, 0) is 16.3 Å². The molecule has 25 heavy (non-hydrogen) atoms. The second kappa shape index (κ2) is 10.7. The van der Waals surface area contributed by atoms with E-state index in [4.69, 9.17) is 11.6 Å². The van der Waals surface area contributed by atoms with Crippen molar-refractivity contribution in [2.45, 2.75) is 18.4 Å². The van der Waals surface area contributed by atoms with Crippen molar-refractivity contribution in [2.24, 2.45) is 0 Å². The lowest BCUT2D eigenvalue weighted by Gasteiger charge is -2.06. The zero-order valence-electron chi connectivity index (χ0n) is 14.1. The number of thioether (sulfide) groups is 2. The smallest absolute Gasteiger partial charge is 0.230 e. The predicted octanol–water partition coefficient (Wildman–Crippen LogP) is 5.07. The van der Waals surface area contributed by atoms with Crippen molar-refractivity contribution in [1.82, 2.24) is 5.32 Å². The number of aryl methyl sites for hydroxylation is 1. The van der Waals surface area contributed by atoms with Crippen LogP contribution in [0.15, 0.2) is 42.5 Å². The van der Waals surface area contributed by atoms with E-state index in [0.717, 1.165) is 11.5 Å². The molecular formula is C19H21ClFNOS2. The van der Waals surface area contributed by atoms with Crippen molar-refractivity contribution in [1.29, 1.82) is 0 Å². The van der Waals surface area contributed by atoms with Crippen molar-refractivity contribution in [3.05, 3.63) is 70.0 Å². The first-order valence-corrected chi connectivity index (χ1v) is 10.6. The Hall–Kier alpha value is -1.17. The number of rotatable bonds is 9. The Morgan fingerprint density at radius 1 is 1.12 bits per heavy atom. The van der Waals surface area contributed by atoms with Crippen LogP contribution in [0.4, 0.5) is 4.39 Å². The first kappa shape index (κ1) is 20.1. The minimum atomic E-state index is -0.326. The van der Waals surface area contributed by atoms with E-state index >= 15 is 0 Å². The van der Waals surface area contributed by atoms with Gasteiger partial charge in [0, 0.05) is 28.8 Å². The minimum Gasteiger partial charge on any atom is -0.355 e. The third-order valence-electron chi connectivity index (χ3n) is 3.46. The van der Waals surface area contributed by atoms with E-state index in [9.17, 15) is 9.18 Å². The molecule has 0 fully saturated rings. The molecular weight excluding hydrogens is 377 g/mol. The summed E-state index contributed by atoms with van der Waals surface area (Å²) in [6.45, 7) is 2.72. The first-order chi connectivity index (χ1) is 12.0. The second-order valence-corrected chi connectivity index (χ2v) is 8.14. The molecule has 0 aliphatic heterocycles. The van der Waals surface area contributed by atoms with Crippen LogP contribution in [-0.4, -0.2) is 24.0 Å². The zero-order chi connectivity index (χ0) is 18.1. The highest BCUT2D eigenvalue weighted by Gasteiger charge is 2.06. The SMILES string of the molecule is Cc1ccc(CSCCNC(=O)CSCc2ccc(Cl)cc2F)cc1. The van der Waals surface area contributed by atoms with Gasteiger partial charge in [0.2, 0.25) is 5.91 Å². The van der Waals surface area contributed by atoms with E-state index in [1.54, 1.807) is 23.9 Å². The van der Waals surface area contributed by atoms with Crippen LogP contribution in [0.1, 0.15) is 16.7 Å². The van der Waals surface area contributed by atoms with Gasteiger partial charge in [-0.2, -0.15) is 11.8 Å².